The normalized spacial score (nSPS) is 11.4. The van der Waals surface area contributed by atoms with Crippen LogP contribution in [0.15, 0.2) is 70.6 Å². The maximum Gasteiger partial charge on any atom is 0.349 e. The van der Waals surface area contributed by atoms with Crippen LogP contribution in [0.1, 0.15) is 15.9 Å². The lowest BCUT2D eigenvalue weighted by molar-refractivity contribution is 0.0956. The number of aromatic nitrogens is 2. The largest absolute Gasteiger partial charge is 0.349 e. The van der Waals surface area contributed by atoms with Gasteiger partial charge in [-0.05, 0) is 43.3 Å². The van der Waals surface area contributed by atoms with E-state index in [1.807, 2.05) is 0 Å². The van der Waals surface area contributed by atoms with Crippen molar-refractivity contribution in [2.75, 3.05) is 0 Å². The van der Waals surface area contributed by atoms with Crippen molar-refractivity contribution in [3.05, 3.63) is 88.4 Å². The third-order valence-electron chi connectivity index (χ3n) is 3.63. The Kier molecular flexibility index (Phi) is 4.13. The minimum Gasteiger partial charge on any atom is -0.268 e. The highest BCUT2D eigenvalue weighted by Gasteiger charge is 2.22. The third kappa shape index (κ3) is 3.03. The Hall–Kier alpha value is -3.00. The lowest BCUT2D eigenvalue weighted by Gasteiger charge is -2.05. The summed E-state index contributed by atoms with van der Waals surface area (Å²) >= 11 is 0. The highest BCUT2D eigenvalue weighted by atomic mass is 32.2. The van der Waals surface area contributed by atoms with E-state index in [1.165, 1.54) is 24.3 Å². The van der Waals surface area contributed by atoms with Crippen LogP contribution < -0.4 is 5.69 Å². The fraction of sp³-hybridized carbons (Fsp3) is 0.0588. The molecule has 0 unspecified atom stereocenters. The summed E-state index contributed by atoms with van der Waals surface area (Å²) in [5.74, 6) is -1.27. The monoisotopic (exact) mass is 360 g/mol. The van der Waals surface area contributed by atoms with Crippen molar-refractivity contribution in [1.29, 1.82) is 0 Å². The van der Waals surface area contributed by atoms with Crippen LogP contribution in [-0.4, -0.2) is 22.9 Å². The third-order valence-corrected chi connectivity index (χ3v) is 5.30. The van der Waals surface area contributed by atoms with Crippen molar-refractivity contribution in [2.45, 2.75) is 11.8 Å². The average molecular weight is 360 g/mol. The Morgan fingerprint density at radius 2 is 1.56 bits per heavy atom. The maximum atomic E-state index is 12.9. The van der Waals surface area contributed by atoms with E-state index in [0.29, 0.717) is 8.54 Å². The molecule has 25 heavy (non-hydrogen) atoms. The molecule has 0 N–H and O–H groups in total. The first-order valence-electron chi connectivity index (χ1n) is 7.23. The van der Waals surface area contributed by atoms with Gasteiger partial charge in [0.2, 0.25) is 0 Å². The molecule has 0 atom stereocenters. The number of halogens is 1. The molecule has 0 saturated heterocycles. The molecule has 1 aromatic heterocycles. The van der Waals surface area contributed by atoms with Crippen LogP contribution in [0.5, 0.6) is 0 Å². The molecule has 1 heterocycles. The number of aryl methyl sites for hydroxylation is 1. The second-order valence-electron chi connectivity index (χ2n) is 5.38. The Morgan fingerprint density at radius 1 is 0.960 bits per heavy atom. The van der Waals surface area contributed by atoms with Crippen LogP contribution in [0, 0.1) is 12.7 Å². The lowest BCUT2D eigenvalue weighted by atomic mass is 10.2. The minimum absolute atomic E-state index is 0.0628. The Labute approximate surface area is 142 Å². The van der Waals surface area contributed by atoms with Crippen molar-refractivity contribution >= 4 is 15.9 Å². The standard InChI is InChI=1S/C17H13FN2O4S/c1-12-2-8-15(9-3-12)25(23,24)20-11-10-19(17(20)22)16(21)13-4-6-14(18)7-5-13/h2-11H,1H3. The van der Waals surface area contributed by atoms with Crippen LogP contribution in [0.4, 0.5) is 4.39 Å². The predicted octanol–water partition coefficient (Wildman–Crippen LogP) is 2.02. The van der Waals surface area contributed by atoms with Crippen molar-refractivity contribution in [3.8, 4) is 0 Å². The zero-order valence-electron chi connectivity index (χ0n) is 13.1. The molecule has 0 bridgehead atoms. The minimum atomic E-state index is -4.12. The molecular weight excluding hydrogens is 347 g/mol. The molecule has 128 valence electrons. The van der Waals surface area contributed by atoms with Crippen LogP contribution >= 0.6 is 0 Å². The number of carbonyl (C=O) groups excluding carboxylic acids is 1. The predicted molar refractivity (Wildman–Crippen MR) is 88.6 cm³/mol. The van der Waals surface area contributed by atoms with E-state index in [4.69, 9.17) is 0 Å². The van der Waals surface area contributed by atoms with E-state index < -0.39 is 27.4 Å². The Bertz CT molecular complexity index is 1090. The molecule has 3 aromatic rings. The summed E-state index contributed by atoms with van der Waals surface area (Å²) in [6.07, 6.45) is 2.08. The molecule has 0 radical (unpaired) electrons. The van der Waals surface area contributed by atoms with Gasteiger partial charge < -0.3 is 0 Å². The number of benzene rings is 2. The molecule has 6 nitrogen and oxygen atoms in total. The maximum absolute atomic E-state index is 12.9. The van der Waals surface area contributed by atoms with Gasteiger partial charge in [-0.1, -0.05) is 17.7 Å². The first-order valence-corrected chi connectivity index (χ1v) is 8.67. The van der Waals surface area contributed by atoms with Gasteiger partial charge in [-0.3, -0.25) is 4.79 Å². The van der Waals surface area contributed by atoms with E-state index in [1.54, 1.807) is 19.1 Å². The van der Waals surface area contributed by atoms with Crippen LogP contribution in [0.3, 0.4) is 0 Å². The topological polar surface area (TPSA) is 78.1 Å². The molecule has 0 aliphatic heterocycles. The van der Waals surface area contributed by atoms with Crippen molar-refractivity contribution in [3.63, 3.8) is 0 Å². The summed E-state index contributed by atoms with van der Waals surface area (Å²) in [6.45, 7) is 1.81. The van der Waals surface area contributed by atoms with Gasteiger partial charge in [0, 0.05) is 18.0 Å². The Balaban J connectivity index is 2.04. The van der Waals surface area contributed by atoms with Crippen molar-refractivity contribution in [2.24, 2.45) is 0 Å². The zero-order chi connectivity index (χ0) is 18.2. The zero-order valence-corrected chi connectivity index (χ0v) is 13.9. The van der Waals surface area contributed by atoms with Gasteiger partial charge in [-0.15, -0.1) is 0 Å². The summed E-state index contributed by atoms with van der Waals surface area (Å²) in [5.41, 5.74) is -0.0840. The molecule has 8 heteroatoms. The lowest BCUT2D eigenvalue weighted by Crippen LogP contribution is -2.32. The fourth-order valence-electron chi connectivity index (χ4n) is 2.25. The van der Waals surface area contributed by atoms with Crippen molar-refractivity contribution in [1.82, 2.24) is 8.54 Å². The second kappa shape index (κ2) is 6.14. The van der Waals surface area contributed by atoms with Gasteiger partial charge in [0.05, 0.1) is 4.90 Å². The number of hydrogen-bond donors (Lipinski definition) is 0. The van der Waals surface area contributed by atoms with Gasteiger partial charge in [-0.25, -0.2) is 22.2 Å². The van der Waals surface area contributed by atoms with Crippen molar-refractivity contribution < 1.29 is 17.6 Å². The molecular formula is C17H13FN2O4S. The van der Waals surface area contributed by atoms with Crippen LogP contribution in [0.25, 0.3) is 0 Å². The van der Waals surface area contributed by atoms with E-state index >= 15 is 0 Å². The quantitative estimate of drug-likeness (QED) is 0.716. The summed E-state index contributed by atoms with van der Waals surface area (Å²) < 4.78 is 39.3. The molecule has 0 amide bonds. The summed E-state index contributed by atoms with van der Waals surface area (Å²) in [4.78, 5) is 24.7. The summed E-state index contributed by atoms with van der Waals surface area (Å²) in [5, 5.41) is 0. The van der Waals surface area contributed by atoms with E-state index in [2.05, 4.69) is 0 Å². The molecule has 0 aliphatic rings. The van der Waals surface area contributed by atoms with E-state index in [9.17, 15) is 22.4 Å². The Morgan fingerprint density at radius 3 is 2.16 bits per heavy atom. The number of nitrogens with zero attached hydrogens (tertiary/aromatic N) is 2. The van der Waals surface area contributed by atoms with Gasteiger partial charge >= 0.3 is 5.69 Å². The van der Waals surface area contributed by atoms with Crippen LogP contribution in [0.2, 0.25) is 0 Å². The molecule has 3 rings (SSSR count). The van der Waals surface area contributed by atoms with E-state index in [-0.39, 0.29) is 10.5 Å². The van der Waals surface area contributed by atoms with E-state index in [0.717, 1.165) is 30.1 Å². The first kappa shape index (κ1) is 16.8. The molecule has 0 saturated carbocycles. The molecule has 0 fully saturated rings. The highest BCUT2D eigenvalue weighted by molar-refractivity contribution is 7.90. The number of hydrogen-bond acceptors (Lipinski definition) is 4. The SMILES string of the molecule is Cc1ccc(S(=O)(=O)n2ccn(C(=O)c3ccc(F)cc3)c2=O)cc1. The number of imidazole rings is 1. The smallest absolute Gasteiger partial charge is 0.268 e. The molecule has 0 spiro atoms. The molecule has 2 aromatic carbocycles. The van der Waals surface area contributed by atoms with Gasteiger partial charge in [-0.2, -0.15) is 3.97 Å². The fourth-order valence-corrected chi connectivity index (χ4v) is 3.47. The summed E-state index contributed by atoms with van der Waals surface area (Å²) in [7, 11) is -4.12. The first-order chi connectivity index (χ1) is 11.8. The summed E-state index contributed by atoms with van der Waals surface area (Å²) in [6, 6.07) is 10.6. The number of carbonyl (C=O) groups is 1. The number of rotatable bonds is 3. The second-order valence-corrected chi connectivity index (χ2v) is 7.19. The van der Waals surface area contributed by atoms with Gasteiger partial charge in [0.1, 0.15) is 5.82 Å². The molecule has 0 aliphatic carbocycles. The van der Waals surface area contributed by atoms with Gasteiger partial charge in [0.15, 0.2) is 0 Å². The average Bonchev–Trinajstić information content (AvgIpc) is 2.97. The van der Waals surface area contributed by atoms with Gasteiger partial charge in [0.25, 0.3) is 15.9 Å². The highest BCUT2D eigenvalue weighted by Crippen LogP contribution is 2.13. The van der Waals surface area contributed by atoms with Crippen LogP contribution in [-0.2, 0) is 10.0 Å².